The summed E-state index contributed by atoms with van der Waals surface area (Å²) in [5.74, 6) is 1.30. The standard InChI is InChI=1S/C9H8INO2/c1-12-7-3-6(5-11)9(10)8(4-7)13-2/h3-4H,1-2H3. The fourth-order valence-electron chi connectivity index (χ4n) is 0.920. The lowest BCUT2D eigenvalue weighted by Crippen LogP contribution is -1.93. The summed E-state index contributed by atoms with van der Waals surface area (Å²) in [4.78, 5) is 0. The molecule has 0 saturated heterocycles. The number of nitrogens with zero attached hydrogens (tertiary/aromatic N) is 1. The lowest BCUT2D eigenvalue weighted by Gasteiger charge is -2.07. The van der Waals surface area contributed by atoms with Gasteiger partial charge in [-0.3, -0.25) is 0 Å². The van der Waals surface area contributed by atoms with Crippen LogP contribution in [-0.2, 0) is 0 Å². The number of halogens is 1. The molecule has 0 bridgehead atoms. The van der Waals surface area contributed by atoms with E-state index < -0.39 is 0 Å². The molecule has 0 unspecified atom stereocenters. The monoisotopic (exact) mass is 289 g/mol. The zero-order valence-corrected chi connectivity index (χ0v) is 9.45. The molecule has 0 atom stereocenters. The highest BCUT2D eigenvalue weighted by molar-refractivity contribution is 14.1. The van der Waals surface area contributed by atoms with Gasteiger partial charge in [-0.15, -0.1) is 0 Å². The third kappa shape index (κ3) is 2.04. The molecule has 0 aliphatic heterocycles. The highest BCUT2D eigenvalue weighted by atomic mass is 127. The van der Waals surface area contributed by atoms with Crippen molar-refractivity contribution in [1.82, 2.24) is 0 Å². The smallest absolute Gasteiger partial charge is 0.137 e. The summed E-state index contributed by atoms with van der Waals surface area (Å²) in [5, 5.41) is 8.79. The number of nitriles is 1. The molecular weight excluding hydrogens is 281 g/mol. The quantitative estimate of drug-likeness (QED) is 0.784. The summed E-state index contributed by atoms with van der Waals surface area (Å²) in [6, 6.07) is 5.51. The lowest BCUT2D eigenvalue weighted by molar-refractivity contribution is 0.392. The first kappa shape index (κ1) is 10.1. The van der Waals surface area contributed by atoms with Crippen molar-refractivity contribution in [3.05, 3.63) is 21.3 Å². The molecule has 1 aromatic carbocycles. The largest absolute Gasteiger partial charge is 0.497 e. The van der Waals surface area contributed by atoms with Crippen LogP contribution in [0.5, 0.6) is 11.5 Å². The van der Waals surface area contributed by atoms with Gasteiger partial charge in [0.25, 0.3) is 0 Å². The topological polar surface area (TPSA) is 42.2 Å². The zero-order chi connectivity index (χ0) is 9.84. The Morgan fingerprint density at radius 2 is 2.00 bits per heavy atom. The van der Waals surface area contributed by atoms with Gasteiger partial charge in [-0.05, 0) is 28.7 Å². The third-order valence-electron chi connectivity index (χ3n) is 1.59. The summed E-state index contributed by atoms with van der Waals surface area (Å²) in [7, 11) is 3.13. The van der Waals surface area contributed by atoms with Gasteiger partial charge in [0.1, 0.15) is 17.6 Å². The average Bonchev–Trinajstić information content (AvgIpc) is 2.18. The Hall–Kier alpha value is -0.960. The fraction of sp³-hybridized carbons (Fsp3) is 0.222. The van der Waals surface area contributed by atoms with E-state index in [1.165, 1.54) is 0 Å². The predicted molar refractivity (Wildman–Crippen MR) is 57.0 cm³/mol. The van der Waals surface area contributed by atoms with E-state index in [0.29, 0.717) is 17.1 Å². The van der Waals surface area contributed by atoms with Crippen LogP contribution in [0.4, 0.5) is 0 Å². The van der Waals surface area contributed by atoms with Gasteiger partial charge in [-0.2, -0.15) is 5.26 Å². The van der Waals surface area contributed by atoms with E-state index in [2.05, 4.69) is 28.7 Å². The normalized spacial score (nSPS) is 9.08. The van der Waals surface area contributed by atoms with Crippen LogP contribution in [0.2, 0.25) is 0 Å². The molecule has 4 heteroatoms. The van der Waals surface area contributed by atoms with Gasteiger partial charge in [-0.25, -0.2) is 0 Å². The van der Waals surface area contributed by atoms with E-state index in [-0.39, 0.29) is 0 Å². The minimum Gasteiger partial charge on any atom is -0.497 e. The molecule has 0 aliphatic rings. The zero-order valence-electron chi connectivity index (χ0n) is 7.30. The summed E-state index contributed by atoms with van der Waals surface area (Å²) in [5.41, 5.74) is 0.566. The molecule has 0 saturated carbocycles. The number of hydrogen-bond donors (Lipinski definition) is 0. The third-order valence-corrected chi connectivity index (χ3v) is 2.70. The Kier molecular flexibility index (Phi) is 3.37. The maximum atomic E-state index is 8.79. The fourth-order valence-corrected chi connectivity index (χ4v) is 1.57. The van der Waals surface area contributed by atoms with E-state index in [1.54, 1.807) is 26.4 Å². The molecule has 13 heavy (non-hydrogen) atoms. The van der Waals surface area contributed by atoms with Crippen LogP contribution in [0.3, 0.4) is 0 Å². The Balaban J connectivity index is 3.31. The van der Waals surface area contributed by atoms with E-state index in [1.807, 2.05) is 0 Å². The van der Waals surface area contributed by atoms with Crippen LogP contribution in [0.15, 0.2) is 12.1 Å². The van der Waals surface area contributed by atoms with Gasteiger partial charge in [-0.1, -0.05) is 0 Å². The summed E-state index contributed by atoms with van der Waals surface area (Å²) < 4.78 is 10.9. The van der Waals surface area contributed by atoms with Gasteiger partial charge in [0, 0.05) is 6.07 Å². The molecule has 0 radical (unpaired) electrons. The van der Waals surface area contributed by atoms with E-state index in [0.717, 1.165) is 3.57 Å². The van der Waals surface area contributed by atoms with Gasteiger partial charge in [0.15, 0.2) is 0 Å². The number of methoxy groups -OCH3 is 2. The highest BCUT2D eigenvalue weighted by Gasteiger charge is 2.08. The number of hydrogen-bond acceptors (Lipinski definition) is 3. The molecule has 0 fully saturated rings. The van der Waals surface area contributed by atoms with Crippen molar-refractivity contribution in [3.8, 4) is 17.6 Å². The summed E-state index contributed by atoms with van der Waals surface area (Å²) >= 11 is 2.07. The molecule has 3 nitrogen and oxygen atoms in total. The van der Waals surface area contributed by atoms with Crippen LogP contribution >= 0.6 is 22.6 Å². The van der Waals surface area contributed by atoms with Gasteiger partial charge >= 0.3 is 0 Å². The first-order valence-electron chi connectivity index (χ1n) is 3.54. The van der Waals surface area contributed by atoms with Crippen LogP contribution < -0.4 is 9.47 Å². The Bertz CT molecular complexity index is 357. The molecule has 68 valence electrons. The molecule has 0 aliphatic carbocycles. The van der Waals surface area contributed by atoms with Crippen molar-refractivity contribution in [2.24, 2.45) is 0 Å². The maximum absolute atomic E-state index is 8.79. The van der Waals surface area contributed by atoms with Crippen molar-refractivity contribution in [3.63, 3.8) is 0 Å². The van der Waals surface area contributed by atoms with Crippen molar-refractivity contribution < 1.29 is 9.47 Å². The molecule has 1 rings (SSSR count). The predicted octanol–water partition coefficient (Wildman–Crippen LogP) is 2.18. The summed E-state index contributed by atoms with van der Waals surface area (Å²) in [6.45, 7) is 0. The summed E-state index contributed by atoms with van der Waals surface area (Å²) in [6.07, 6.45) is 0. The van der Waals surface area contributed by atoms with Crippen molar-refractivity contribution in [1.29, 1.82) is 5.26 Å². The minimum absolute atomic E-state index is 0.566. The van der Waals surface area contributed by atoms with Crippen molar-refractivity contribution >= 4 is 22.6 Å². The molecule has 0 N–H and O–H groups in total. The van der Waals surface area contributed by atoms with Crippen LogP contribution in [-0.4, -0.2) is 14.2 Å². The minimum atomic E-state index is 0.566. The molecule has 1 aromatic rings. The second-order valence-electron chi connectivity index (χ2n) is 2.30. The van der Waals surface area contributed by atoms with Crippen LogP contribution in [0.25, 0.3) is 0 Å². The molecule has 0 aromatic heterocycles. The Labute approximate surface area is 90.4 Å². The maximum Gasteiger partial charge on any atom is 0.137 e. The highest BCUT2D eigenvalue weighted by Crippen LogP contribution is 2.29. The van der Waals surface area contributed by atoms with E-state index >= 15 is 0 Å². The van der Waals surface area contributed by atoms with Crippen molar-refractivity contribution in [2.45, 2.75) is 0 Å². The van der Waals surface area contributed by atoms with E-state index in [4.69, 9.17) is 14.7 Å². The molecule has 0 spiro atoms. The molecule has 0 heterocycles. The van der Waals surface area contributed by atoms with Gasteiger partial charge in [0.05, 0.1) is 23.4 Å². The van der Waals surface area contributed by atoms with Crippen LogP contribution in [0, 0.1) is 14.9 Å². The number of rotatable bonds is 2. The number of ether oxygens (including phenoxy) is 2. The van der Waals surface area contributed by atoms with E-state index in [9.17, 15) is 0 Å². The van der Waals surface area contributed by atoms with Gasteiger partial charge < -0.3 is 9.47 Å². The molecule has 0 amide bonds. The van der Waals surface area contributed by atoms with Crippen molar-refractivity contribution in [2.75, 3.05) is 14.2 Å². The first-order chi connectivity index (χ1) is 6.22. The second-order valence-corrected chi connectivity index (χ2v) is 3.38. The Morgan fingerprint density at radius 1 is 1.31 bits per heavy atom. The Morgan fingerprint density at radius 3 is 2.46 bits per heavy atom. The van der Waals surface area contributed by atoms with Gasteiger partial charge in [0.2, 0.25) is 0 Å². The number of benzene rings is 1. The lowest BCUT2D eigenvalue weighted by atomic mass is 10.2. The van der Waals surface area contributed by atoms with Crippen LogP contribution in [0.1, 0.15) is 5.56 Å². The second kappa shape index (κ2) is 4.33. The SMILES string of the molecule is COc1cc(C#N)c(I)c(OC)c1. The first-order valence-corrected chi connectivity index (χ1v) is 4.62. The average molecular weight is 289 g/mol. The molecular formula is C9H8INO2.